The molecule has 0 aliphatic heterocycles. The van der Waals surface area contributed by atoms with Gasteiger partial charge in [-0.3, -0.25) is 0 Å². The van der Waals surface area contributed by atoms with E-state index in [1.54, 1.807) is 13.8 Å². The minimum absolute atomic E-state index is 0. The quantitative estimate of drug-likeness (QED) is 0.445. The van der Waals surface area contributed by atoms with Crippen molar-refractivity contribution in [2.24, 2.45) is 0 Å². The normalized spacial score (nSPS) is 7.20. The average molecular weight is 108 g/mol. The first-order valence-corrected chi connectivity index (χ1v) is 1.41. The molecule has 26 valence electrons. The number of aliphatic hydroxyl groups excluding tert-OH is 1. The molecule has 0 unspecified atom stereocenters. The fourth-order valence-electron chi connectivity index (χ4n) is 0. The van der Waals surface area contributed by atoms with Crippen molar-refractivity contribution in [3.8, 4) is 0 Å². The van der Waals surface area contributed by atoms with E-state index in [1.165, 1.54) is 0 Å². The number of hydrogen-bond acceptors (Lipinski definition) is 1. The second-order valence-electron chi connectivity index (χ2n) is 1.09. The van der Waals surface area contributed by atoms with Crippen molar-refractivity contribution < 1.29 is 26.8 Å². The Morgan fingerprint density at radius 2 is 1.40 bits per heavy atom. The van der Waals surface area contributed by atoms with Gasteiger partial charge in [-0.1, -0.05) is 0 Å². The van der Waals surface area contributed by atoms with Gasteiger partial charge < -0.3 is 5.11 Å². The SMILES string of the molecule is CC(C)O.[Ti+4]. The van der Waals surface area contributed by atoms with Crippen molar-refractivity contribution in [2.75, 3.05) is 0 Å². The molecule has 0 fully saturated rings. The Labute approximate surface area is 47.3 Å². The summed E-state index contributed by atoms with van der Waals surface area (Å²) in [6.07, 6.45) is -0.167. The van der Waals surface area contributed by atoms with E-state index in [0.717, 1.165) is 0 Å². The zero-order chi connectivity index (χ0) is 3.58. The van der Waals surface area contributed by atoms with E-state index < -0.39 is 0 Å². The summed E-state index contributed by atoms with van der Waals surface area (Å²) >= 11 is 0. The predicted octanol–water partition coefficient (Wildman–Crippen LogP) is 0.385. The monoisotopic (exact) mass is 108 g/mol. The summed E-state index contributed by atoms with van der Waals surface area (Å²) < 4.78 is 0. The average Bonchev–Trinajstić information content (AvgIpc) is 0.811. The Balaban J connectivity index is 0. The smallest absolute Gasteiger partial charge is 0.394 e. The summed E-state index contributed by atoms with van der Waals surface area (Å²) in [6.45, 7) is 3.44. The number of aliphatic hydroxyl groups is 1. The van der Waals surface area contributed by atoms with Gasteiger partial charge in [0.1, 0.15) is 0 Å². The molecule has 1 N–H and O–H groups in total. The molecule has 1 nitrogen and oxygen atoms in total. The molecule has 0 aliphatic rings. The molecule has 0 atom stereocenters. The third kappa shape index (κ3) is 73.5. The van der Waals surface area contributed by atoms with Crippen LogP contribution >= 0.6 is 0 Å². The van der Waals surface area contributed by atoms with Crippen LogP contribution in [0, 0.1) is 0 Å². The molecule has 0 aliphatic carbocycles. The van der Waals surface area contributed by atoms with Gasteiger partial charge in [-0.25, -0.2) is 0 Å². The van der Waals surface area contributed by atoms with Gasteiger partial charge in [0, 0.05) is 6.10 Å². The predicted molar refractivity (Wildman–Crippen MR) is 17.4 cm³/mol. The van der Waals surface area contributed by atoms with Crippen molar-refractivity contribution in [1.29, 1.82) is 0 Å². The van der Waals surface area contributed by atoms with Gasteiger partial charge >= 0.3 is 21.7 Å². The van der Waals surface area contributed by atoms with Crippen molar-refractivity contribution in [1.82, 2.24) is 0 Å². The van der Waals surface area contributed by atoms with Gasteiger partial charge in [0.2, 0.25) is 0 Å². The Morgan fingerprint density at radius 3 is 1.40 bits per heavy atom. The van der Waals surface area contributed by atoms with Crippen LogP contribution in [0.15, 0.2) is 0 Å². The first-order valence-electron chi connectivity index (χ1n) is 1.41. The Bertz CT molecular complexity index is 11.6. The van der Waals surface area contributed by atoms with Crippen molar-refractivity contribution >= 4 is 0 Å². The van der Waals surface area contributed by atoms with Gasteiger partial charge in [-0.05, 0) is 13.8 Å². The first-order chi connectivity index (χ1) is 1.73. The molecule has 0 heterocycles. The van der Waals surface area contributed by atoms with E-state index >= 15 is 0 Å². The van der Waals surface area contributed by atoms with Crippen LogP contribution in [0.1, 0.15) is 13.8 Å². The zero-order valence-corrected chi connectivity index (χ0v) is 5.09. The molecule has 2 heteroatoms. The fraction of sp³-hybridized carbons (Fsp3) is 1.00. The van der Waals surface area contributed by atoms with Crippen LogP contribution < -0.4 is 0 Å². The molecular weight excluding hydrogens is 99.9 g/mol. The first kappa shape index (κ1) is 9.18. The second kappa shape index (κ2) is 4.67. The summed E-state index contributed by atoms with van der Waals surface area (Å²) in [4.78, 5) is 0. The van der Waals surface area contributed by atoms with Crippen LogP contribution in [0.2, 0.25) is 0 Å². The van der Waals surface area contributed by atoms with Crippen LogP contribution in [-0.2, 0) is 21.7 Å². The van der Waals surface area contributed by atoms with Crippen molar-refractivity contribution in [3.05, 3.63) is 0 Å². The van der Waals surface area contributed by atoms with Gasteiger partial charge in [-0.2, -0.15) is 0 Å². The summed E-state index contributed by atoms with van der Waals surface area (Å²) in [5.41, 5.74) is 0. The van der Waals surface area contributed by atoms with Crippen molar-refractivity contribution in [3.63, 3.8) is 0 Å². The molecule has 0 aromatic carbocycles. The molecule has 0 amide bonds. The second-order valence-corrected chi connectivity index (χ2v) is 1.09. The maximum atomic E-state index is 8.06. The molecule has 0 saturated heterocycles. The van der Waals surface area contributed by atoms with E-state index in [-0.39, 0.29) is 27.8 Å². The van der Waals surface area contributed by atoms with E-state index in [1.807, 2.05) is 0 Å². The Morgan fingerprint density at radius 1 is 1.40 bits per heavy atom. The molecule has 0 radical (unpaired) electrons. The Hall–Kier alpha value is 0.674. The van der Waals surface area contributed by atoms with E-state index in [0.29, 0.717) is 0 Å². The number of hydrogen-bond donors (Lipinski definition) is 1. The third-order valence-electron chi connectivity index (χ3n) is 0. The van der Waals surface area contributed by atoms with Gasteiger partial charge in [0.15, 0.2) is 0 Å². The fourth-order valence-corrected chi connectivity index (χ4v) is 0. The van der Waals surface area contributed by atoms with Gasteiger partial charge in [-0.15, -0.1) is 0 Å². The van der Waals surface area contributed by atoms with E-state index in [2.05, 4.69) is 0 Å². The number of rotatable bonds is 0. The van der Waals surface area contributed by atoms with Crippen LogP contribution in [0.3, 0.4) is 0 Å². The van der Waals surface area contributed by atoms with Crippen LogP contribution in [0.25, 0.3) is 0 Å². The third-order valence-corrected chi connectivity index (χ3v) is 0. The van der Waals surface area contributed by atoms with Crippen LogP contribution in [0.4, 0.5) is 0 Å². The molecule has 0 saturated carbocycles. The molecular formula is C3H8OTi+4. The summed E-state index contributed by atoms with van der Waals surface area (Å²) in [7, 11) is 0. The Kier molecular flexibility index (Phi) is 8.59. The van der Waals surface area contributed by atoms with E-state index in [4.69, 9.17) is 5.11 Å². The summed E-state index contributed by atoms with van der Waals surface area (Å²) in [5, 5.41) is 8.06. The molecule has 0 bridgehead atoms. The maximum absolute atomic E-state index is 8.06. The topological polar surface area (TPSA) is 20.2 Å². The molecule has 0 aromatic rings. The van der Waals surface area contributed by atoms with Crippen LogP contribution in [-0.4, -0.2) is 11.2 Å². The molecule has 5 heavy (non-hydrogen) atoms. The summed E-state index contributed by atoms with van der Waals surface area (Å²) in [6, 6.07) is 0. The summed E-state index contributed by atoms with van der Waals surface area (Å²) in [5.74, 6) is 0. The largest absolute Gasteiger partial charge is 4.00 e. The van der Waals surface area contributed by atoms with Crippen LogP contribution in [0.5, 0.6) is 0 Å². The van der Waals surface area contributed by atoms with Gasteiger partial charge in [0.05, 0.1) is 0 Å². The maximum Gasteiger partial charge on any atom is 4.00 e. The standard InChI is InChI=1S/C3H8O.Ti/c1-3(2)4;/h3-4H,1-2H3;/q;+4. The molecule has 0 spiro atoms. The van der Waals surface area contributed by atoms with Gasteiger partial charge in [0.25, 0.3) is 0 Å². The van der Waals surface area contributed by atoms with E-state index in [9.17, 15) is 0 Å². The zero-order valence-electron chi connectivity index (χ0n) is 3.52. The molecule has 0 rings (SSSR count). The van der Waals surface area contributed by atoms with Crippen molar-refractivity contribution in [2.45, 2.75) is 20.0 Å². The minimum Gasteiger partial charge on any atom is -0.394 e. The minimum atomic E-state index is -0.167. The molecule has 0 aromatic heterocycles.